The zero-order valence-electron chi connectivity index (χ0n) is 13.7. The number of carbonyl (C=O) groups excluding carboxylic acids is 2. The molecule has 2 amide bonds. The van der Waals surface area contributed by atoms with Crippen molar-refractivity contribution >= 4 is 34.1 Å². The fourth-order valence-electron chi connectivity index (χ4n) is 2.27. The van der Waals surface area contributed by atoms with Crippen LogP contribution in [0.15, 0.2) is 48.7 Å². The third-order valence-electron chi connectivity index (χ3n) is 3.53. The Morgan fingerprint density at radius 3 is 2.72 bits per heavy atom. The molecule has 0 fully saturated rings. The zero-order valence-corrected chi connectivity index (χ0v) is 13.7. The Morgan fingerprint density at radius 1 is 1.08 bits per heavy atom. The van der Waals surface area contributed by atoms with Gasteiger partial charge in [-0.1, -0.05) is 13.0 Å². The summed E-state index contributed by atoms with van der Waals surface area (Å²) in [5.41, 5.74) is 2.14. The largest absolute Gasteiger partial charge is 0.484 e. The van der Waals surface area contributed by atoms with E-state index in [1.165, 1.54) is 0 Å². The van der Waals surface area contributed by atoms with Gasteiger partial charge in [0.2, 0.25) is 5.91 Å². The van der Waals surface area contributed by atoms with Crippen molar-refractivity contribution in [1.82, 2.24) is 10.2 Å². The van der Waals surface area contributed by atoms with Gasteiger partial charge in [-0.15, -0.1) is 0 Å². The van der Waals surface area contributed by atoms with Gasteiger partial charge >= 0.3 is 0 Å². The van der Waals surface area contributed by atoms with Crippen LogP contribution in [0.5, 0.6) is 5.75 Å². The van der Waals surface area contributed by atoms with Crippen LogP contribution in [-0.2, 0) is 9.59 Å². The molecule has 7 heteroatoms. The summed E-state index contributed by atoms with van der Waals surface area (Å²) in [5.74, 6) is 0.152. The Balaban J connectivity index is 1.56. The van der Waals surface area contributed by atoms with E-state index in [0.29, 0.717) is 23.5 Å². The van der Waals surface area contributed by atoms with Gasteiger partial charge in [0, 0.05) is 29.2 Å². The highest BCUT2D eigenvalue weighted by Gasteiger charge is 2.06. The second kappa shape index (κ2) is 7.48. The summed E-state index contributed by atoms with van der Waals surface area (Å²) in [4.78, 5) is 23.4. The normalized spacial score (nSPS) is 10.4. The third kappa shape index (κ3) is 4.35. The summed E-state index contributed by atoms with van der Waals surface area (Å²) in [6.07, 6.45) is 2.11. The van der Waals surface area contributed by atoms with Gasteiger partial charge < -0.3 is 15.4 Å². The maximum absolute atomic E-state index is 12.0. The monoisotopic (exact) mass is 338 g/mol. The first-order valence-corrected chi connectivity index (χ1v) is 7.90. The Hall–Kier alpha value is -3.35. The fourth-order valence-corrected chi connectivity index (χ4v) is 2.27. The number of amides is 2. The van der Waals surface area contributed by atoms with Crippen LogP contribution in [0.2, 0.25) is 0 Å². The number of fused-ring (bicyclic) bond motifs is 1. The van der Waals surface area contributed by atoms with E-state index in [1.807, 2.05) is 6.07 Å². The SMILES string of the molecule is CCC(=O)Nc1cccc(OCC(=O)Nc2ccc3cn[nH]c3c2)c1. The Labute approximate surface area is 144 Å². The molecule has 0 bridgehead atoms. The van der Waals surface area contributed by atoms with Crippen LogP contribution in [-0.4, -0.2) is 28.6 Å². The number of nitrogens with one attached hydrogen (secondary N) is 3. The molecule has 1 heterocycles. The number of carbonyl (C=O) groups is 2. The minimum Gasteiger partial charge on any atom is -0.484 e. The van der Waals surface area contributed by atoms with E-state index >= 15 is 0 Å². The lowest BCUT2D eigenvalue weighted by Gasteiger charge is -2.09. The highest BCUT2D eigenvalue weighted by atomic mass is 16.5. The predicted octanol–water partition coefficient (Wildman–Crippen LogP) is 2.93. The first-order valence-electron chi connectivity index (χ1n) is 7.90. The molecule has 0 aliphatic carbocycles. The predicted molar refractivity (Wildman–Crippen MR) is 95.6 cm³/mol. The Morgan fingerprint density at radius 2 is 1.88 bits per heavy atom. The number of hydrogen-bond donors (Lipinski definition) is 3. The lowest BCUT2D eigenvalue weighted by Crippen LogP contribution is -2.20. The van der Waals surface area contributed by atoms with Gasteiger partial charge in [-0.3, -0.25) is 14.7 Å². The van der Waals surface area contributed by atoms with Crippen molar-refractivity contribution in [3.05, 3.63) is 48.7 Å². The van der Waals surface area contributed by atoms with Gasteiger partial charge in [0.25, 0.3) is 5.91 Å². The molecule has 2 aromatic carbocycles. The molecule has 0 radical (unpaired) electrons. The first kappa shape index (κ1) is 16.5. The number of aromatic nitrogens is 2. The molecule has 0 spiro atoms. The minimum atomic E-state index is -0.276. The molecule has 0 atom stereocenters. The van der Waals surface area contributed by atoms with Crippen molar-refractivity contribution in [3.8, 4) is 5.75 Å². The molecule has 7 nitrogen and oxygen atoms in total. The molecule has 3 aromatic rings. The number of aromatic amines is 1. The maximum atomic E-state index is 12.0. The molecule has 1 aromatic heterocycles. The smallest absolute Gasteiger partial charge is 0.262 e. The van der Waals surface area contributed by atoms with Crippen molar-refractivity contribution in [1.29, 1.82) is 0 Å². The van der Waals surface area contributed by atoms with E-state index < -0.39 is 0 Å². The van der Waals surface area contributed by atoms with Gasteiger partial charge in [0.15, 0.2) is 6.61 Å². The molecule has 3 N–H and O–H groups in total. The molecule has 128 valence electrons. The van der Waals surface area contributed by atoms with Crippen LogP contribution in [0, 0.1) is 0 Å². The average molecular weight is 338 g/mol. The zero-order chi connectivity index (χ0) is 17.6. The fraction of sp³-hybridized carbons (Fsp3) is 0.167. The number of hydrogen-bond acceptors (Lipinski definition) is 4. The lowest BCUT2D eigenvalue weighted by atomic mass is 10.2. The van der Waals surface area contributed by atoms with E-state index in [-0.39, 0.29) is 18.4 Å². The summed E-state index contributed by atoms with van der Waals surface area (Å²) in [7, 11) is 0. The van der Waals surface area contributed by atoms with Crippen LogP contribution in [0.3, 0.4) is 0 Å². The average Bonchev–Trinajstić information content (AvgIpc) is 3.08. The molecule has 0 aliphatic heterocycles. The number of anilines is 2. The van der Waals surface area contributed by atoms with Gasteiger partial charge in [0.05, 0.1) is 11.7 Å². The summed E-state index contributed by atoms with van der Waals surface area (Å²) in [6, 6.07) is 12.4. The van der Waals surface area contributed by atoms with E-state index in [0.717, 1.165) is 10.9 Å². The number of benzene rings is 2. The summed E-state index contributed by atoms with van der Waals surface area (Å²) >= 11 is 0. The molecule has 0 unspecified atom stereocenters. The lowest BCUT2D eigenvalue weighted by molar-refractivity contribution is -0.118. The van der Waals surface area contributed by atoms with Crippen molar-refractivity contribution in [2.75, 3.05) is 17.2 Å². The van der Waals surface area contributed by atoms with Gasteiger partial charge in [-0.25, -0.2) is 0 Å². The standard InChI is InChI=1S/C18H18N4O3/c1-2-17(23)20-13-4-3-5-15(8-13)25-11-18(24)21-14-7-6-12-10-19-22-16(12)9-14/h3-10H,2,11H2,1H3,(H,19,22)(H,20,23)(H,21,24). The quantitative estimate of drug-likeness (QED) is 0.644. The highest BCUT2D eigenvalue weighted by Crippen LogP contribution is 2.18. The van der Waals surface area contributed by atoms with E-state index in [9.17, 15) is 9.59 Å². The molecule has 0 saturated heterocycles. The second-order valence-corrected chi connectivity index (χ2v) is 5.44. The van der Waals surface area contributed by atoms with Gasteiger partial charge in [-0.2, -0.15) is 5.10 Å². The van der Waals surface area contributed by atoms with Crippen molar-refractivity contribution in [2.24, 2.45) is 0 Å². The molecule has 0 saturated carbocycles. The molecule has 0 aliphatic rings. The van der Waals surface area contributed by atoms with Crippen LogP contribution in [0.4, 0.5) is 11.4 Å². The number of rotatable bonds is 6. The highest BCUT2D eigenvalue weighted by molar-refractivity contribution is 5.94. The molecular weight excluding hydrogens is 320 g/mol. The van der Waals surface area contributed by atoms with Gasteiger partial charge in [-0.05, 0) is 30.3 Å². The van der Waals surface area contributed by atoms with Crippen LogP contribution in [0.1, 0.15) is 13.3 Å². The Kier molecular flexibility index (Phi) is 4.94. The molecule has 25 heavy (non-hydrogen) atoms. The first-order chi connectivity index (χ1) is 12.1. The van der Waals surface area contributed by atoms with Crippen molar-refractivity contribution in [3.63, 3.8) is 0 Å². The molecular formula is C18H18N4O3. The second-order valence-electron chi connectivity index (χ2n) is 5.44. The van der Waals surface area contributed by atoms with E-state index in [1.54, 1.807) is 49.5 Å². The van der Waals surface area contributed by atoms with E-state index in [4.69, 9.17) is 4.74 Å². The van der Waals surface area contributed by atoms with Crippen molar-refractivity contribution < 1.29 is 14.3 Å². The Bertz CT molecular complexity index is 904. The summed E-state index contributed by atoms with van der Waals surface area (Å²) in [6.45, 7) is 1.65. The van der Waals surface area contributed by atoms with Gasteiger partial charge in [0.1, 0.15) is 5.75 Å². The minimum absolute atomic E-state index is 0.0795. The number of nitrogens with zero attached hydrogens (tertiary/aromatic N) is 1. The van der Waals surface area contributed by atoms with Crippen molar-refractivity contribution in [2.45, 2.75) is 13.3 Å². The molecule has 3 rings (SSSR count). The van der Waals surface area contributed by atoms with Crippen LogP contribution < -0.4 is 15.4 Å². The topological polar surface area (TPSA) is 96.1 Å². The summed E-state index contributed by atoms with van der Waals surface area (Å²) < 4.78 is 5.48. The maximum Gasteiger partial charge on any atom is 0.262 e. The number of H-pyrrole nitrogens is 1. The number of ether oxygens (including phenoxy) is 1. The third-order valence-corrected chi connectivity index (χ3v) is 3.53. The van der Waals surface area contributed by atoms with E-state index in [2.05, 4.69) is 20.8 Å². The van der Waals surface area contributed by atoms with Crippen LogP contribution in [0.25, 0.3) is 10.9 Å². The van der Waals surface area contributed by atoms with Crippen LogP contribution >= 0.6 is 0 Å². The summed E-state index contributed by atoms with van der Waals surface area (Å²) in [5, 5.41) is 13.3.